The molecule has 1 aromatic carbocycles. The van der Waals surface area contributed by atoms with Gasteiger partial charge in [0.15, 0.2) is 0 Å². The monoisotopic (exact) mass is 464 g/mol. The van der Waals surface area contributed by atoms with Crippen LogP contribution in [0.15, 0.2) is 29.1 Å². The Labute approximate surface area is 192 Å². The summed E-state index contributed by atoms with van der Waals surface area (Å²) in [5.41, 5.74) is -2.00. The van der Waals surface area contributed by atoms with E-state index in [1.165, 1.54) is 4.57 Å². The van der Waals surface area contributed by atoms with Crippen LogP contribution in [-0.2, 0) is 20.8 Å². The van der Waals surface area contributed by atoms with Gasteiger partial charge in [0.2, 0.25) is 0 Å². The first kappa shape index (κ1) is 25.4. The van der Waals surface area contributed by atoms with Crippen LogP contribution in [0.5, 0.6) is 0 Å². The average Bonchev–Trinajstić information content (AvgIpc) is 2.60. The molecule has 9 heteroatoms. The molecule has 0 spiro atoms. The molecule has 0 unspecified atom stereocenters. The van der Waals surface area contributed by atoms with Crippen LogP contribution in [0.3, 0.4) is 0 Å². The molecule has 0 aliphatic rings. The highest BCUT2D eigenvalue weighted by Gasteiger charge is 2.36. The van der Waals surface area contributed by atoms with E-state index in [2.05, 4.69) is 0 Å². The second-order valence-corrected chi connectivity index (χ2v) is 9.77. The first-order valence-corrected chi connectivity index (χ1v) is 10.5. The van der Waals surface area contributed by atoms with Gasteiger partial charge in [-0.2, -0.15) is 0 Å². The summed E-state index contributed by atoms with van der Waals surface area (Å²) in [6.45, 7) is 11.3. The van der Waals surface area contributed by atoms with Gasteiger partial charge in [-0.3, -0.25) is 4.79 Å². The predicted octanol–water partition coefficient (Wildman–Crippen LogP) is 5.09. The maximum atomic E-state index is 13.2. The van der Waals surface area contributed by atoms with Crippen LogP contribution in [-0.4, -0.2) is 39.1 Å². The smallest absolute Gasteiger partial charge is 0.420 e. The molecule has 0 aliphatic carbocycles. The number of halogens is 1. The summed E-state index contributed by atoms with van der Waals surface area (Å²) in [7, 11) is 0. The molecule has 0 radical (unpaired) electrons. The molecule has 0 fully saturated rings. The fraction of sp³-hybridized carbons (Fsp3) is 0.478. The number of carbonyl (C=O) groups excluding carboxylic acids is 3. The van der Waals surface area contributed by atoms with E-state index in [9.17, 15) is 19.2 Å². The Kier molecular flexibility index (Phi) is 7.40. The number of aldehydes is 1. The lowest BCUT2D eigenvalue weighted by molar-refractivity contribution is -0.108. The fourth-order valence-corrected chi connectivity index (χ4v) is 3.39. The number of imide groups is 1. The van der Waals surface area contributed by atoms with Crippen molar-refractivity contribution in [2.45, 2.75) is 72.3 Å². The summed E-state index contributed by atoms with van der Waals surface area (Å²) >= 11 is 6.21. The lowest BCUT2D eigenvalue weighted by atomic mass is 10.1. The molecule has 8 nitrogen and oxygen atoms in total. The molecule has 0 saturated heterocycles. The topological polar surface area (TPSA) is 94.9 Å². The summed E-state index contributed by atoms with van der Waals surface area (Å²) < 4.78 is 12.0. The van der Waals surface area contributed by atoms with Crippen LogP contribution in [0.1, 0.15) is 60.2 Å². The molecule has 0 N–H and O–H groups in total. The van der Waals surface area contributed by atoms with Gasteiger partial charge in [0.25, 0.3) is 5.56 Å². The van der Waals surface area contributed by atoms with Crippen LogP contribution in [0, 0.1) is 0 Å². The van der Waals surface area contributed by atoms with Crippen LogP contribution in [0.4, 0.5) is 9.59 Å². The highest BCUT2D eigenvalue weighted by atomic mass is 35.5. The van der Waals surface area contributed by atoms with E-state index in [0.717, 1.165) is 4.90 Å². The number of aromatic nitrogens is 1. The zero-order valence-electron chi connectivity index (χ0n) is 19.4. The van der Waals surface area contributed by atoms with Crippen molar-refractivity contribution in [1.29, 1.82) is 0 Å². The highest BCUT2D eigenvalue weighted by Crippen LogP contribution is 2.28. The SMILES string of the molecule is C[C@@H](c1cc2cccc(Cl)c2c(=O)n1CC=O)N(C(=O)OC(C)(C)C)C(=O)OC(C)(C)C. The first-order chi connectivity index (χ1) is 14.7. The predicted molar refractivity (Wildman–Crippen MR) is 122 cm³/mol. The summed E-state index contributed by atoms with van der Waals surface area (Å²) in [5.74, 6) is 0. The Hall–Kier alpha value is -2.87. The third-order valence-electron chi connectivity index (χ3n) is 4.37. The van der Waals surface area contributed by atoms with Crippen LogP contribution >= 0.6 is 11.6 Å². The molecule has 2 aromatic rings. The van der Waals surface area contributed by atoms with Gasteiger partial charge in [-0.05, 0) is 66.0 Å². The van der Waals surface area contributed by atoms with Crippen molar-refractivity contribution in [2.24, 2.45) is 0 Å². The van der Waals surface area contributed by atoms with E-state index in [1.807, 2.05) is 0 Å². The van der Waals surface area contributed by atoms with E-state index in [0.29, 0.717) is 11.7 Å². The lowest BCUT2D eigenvalue weighted by Gasteiger charge is -2.32. The molecular weight excluding hydrogens is 436 g/mol. The zero-order chi connectivity index (χ0) is 24.4. The third kappa shape index (κ3) is 5.88. The van der Waals surface area contributed by atoms with Gasteiger partial charge in [0.1, 0.15) is 17.5 Å². The Balaban J connectivity index is 2.71. The van der Waals surface area contributed by atoms with Crippen molar-refractivity contribution in [3.05, 3.63) is 45.3 Å². The van der Waals surface area contributed by atoms with E-state index < -0.39 is 35.0 Å². The maximum absolute atomic E-state index is 13.2. The maximum Gasteiger partial charge on any atom is 0.420 e. The number of carbonyl (C=O) groups is 3. The van der Waals surface area contributed by atoms with Gasteiger partial charge in [0.05, 0.1) is 23.0 Å². The molecule has 0 bridgehead atoms. The summed E-state index contributed by atoms with van der Waals surface area (Å²) in [6.07, 6.45) is -1.31. The molecule has 2 rings (SSSR count). The van der Waals surface area contributed by atoms with Gasteiger partial charge in [-0.15, -0.1) is 0 Å². The number of hydrogen-bond acceptors (Lipinski definition) is 6. The number of amides is 2. The normalized spacial score (nSPS) is 12.9. The van der Waals surface area contributed by atoms with Gasteiger partial charge >= 0.3 is 12.2 Å². The Morgan fingerprint density at radius 2 is 1.62 bits per heavy atom. The quantitative estimate of drug-likeness (QED) is 0.585. The first-order valence-electron chi connectivity index (χ1n) is 10.2. The van der Waals surface area contributed by atoms with Crippen molar-refractivity contribution in [1.82, 2.24) is 9.47 Å². The number of ether oxygens (including phenoxy) is 2. The van der Waals surface area contributed by atoms with Crippen molar-refractivity contribution in [2.75, 3.05) is 0 Å². The minimum absolute atomic E-state index is 0.238. The van der Waals surface area contributed by atoms with Gasteiger partial charge in [-0.25, -0.2) is 14.5 Å². The fourth-order valence-electron chi connectivity index (χ4n) is 3.13. The molecule has 174 valence electrons. The second kappa shape index (κ2) is 9.32. The third-order valence-corrected chi connectivity index (χ3v) is 4.69. The molecule has 0 aliphatic heterocycles. The summed E-state index contributed by atoms with van der Waals surface area (Å²) in [4.78, 5) is 51.3. The summed E-state index contributed by atoms with van der Waals surface area (Å²) in [5, 5.41) is 0.996. The number of pyridine rings is 1. The number of hydrogen-bond donors (Lipinski definition) is 0. The van der Waals surface area contributed by atoms with Crippen molar-refractivity contribution in [3.8, 4) is 0 Å². The molecule has 2 amide bonds. The zero-order valence-corrected chi connectivity index (χ0v) is 20.1. The van der Waals surface area contributed by atoms with Crippen molar-refractivity contribution < 1.29 is 23.9 Å². The molecule has 1 heterocycles. The molecule has 1 atom stereocenters. The second-order valence-electron chi connectivity index (χ2n) is 9.36. The van der Waals surface area contributed by atoms with E-state index >= 15 is 0 Å². The molecule has 0 saturated carbocycles. The van der Waals surface area contributed by atoms with Crippen molar-refractivity contribution >= 4 is 40.8 Å². The number of benzene rings is 1. The average molecular weight is 465 g/mol. The largest absolute Gasteiger partial charge is 0.443 e. The van der Waals surface area contributed by atoms with Gasteiger partial charge in [-0.1, -0.05) is 23.7 Å². The van der Waals surface area contributed by atoms with Crippen molar-refractivity contribution in [3.63, 3.8) is 0 Å². The Bertz CT molecular complexity index is 1070. The van der Waals surface area contributed by atoms with E-state index in [4.69, 9.17) is 21.1 Å². The Morgan fingerprint density at radius 3 is 2.09 bits per heavy atom. The van der Waals surface area contributed by atoms with Crippen LogP contribution < -0.4 is 5.56 Å². The minimum atomic E-state index is -0.990. The lowest BCUT2D eigenvalue weighted by Crippen LogP contribution is -2.46. The summed E-state index contributed by atoms with van der Waals surface area (Å²) in [6, 6.07) is 5.58. The number of rotatable bonds is 4. The Morgan fingerprint density at radius 1 is 1.09 bits per heavy atom. The van der Waals surface area contributed by atoms with E-state index in [-0.39, 0.29) is 22.6 Å². The van der Waals surface area contributed by atoms with Gasteiger partial charge in [0, 0.05) is 5.69 Å². The van der Waals surface area contributed by atoms with Crippen LogP contribution in [0.2, 0.25) is 5.02 Å². The highest BCUT2D eigenvalue weighted by molar-refractivity contribution is 6.35. The molecule has 1 aromatic heterocycles. The van der Waals surface area contributed by atoms with Gasteiger partial charge < -0.3 is 18.8 Å². The standard InChI is InChI=1S/C23H29ClN2O6/c1-14(26(20(29)31-22(2,3)4)21(30)32-23(5,6)7)17-13-15-9-8-10-16(24)18(15)19(28)25(17)11-12-27/h8-10,12-14H,11H2,1-7H3/t14-/m0/s1. The molecular formula is C23H29ClN2O6. The van der Waals surface area contributed by atoms with Crippen LogP contribution in [0.25, 0.3) is 10.8 Å². The number of fused-ring (bicyclic) bond motifs is 1. The minimum Gasteiger partial charge on any atom is -0.443 e. The number of nitrogens with zero attached hydrogens (tertiary/aromatic N) is 2. The molecule has 32 heavy (non-hydrogen) atoms. The van der Waals surface area contributed by atoms with E-state index in [1.54, 1.807) is 72.7 Å².